The van der Waals surface area contributed by atoms with Gasteiger partial charge in [0.2, 0.25) is 0 Å². The Kier molecular flexibility index (Phi) is 4.83. The van der Waals surface area contributed by atoms with Crippen LogP contribution in [-0.4, -0.2) is 23.3 Å². The second-order valence-corrected chi connectivity index (χ2v) is 6.15. The van der Waals surface area contributed by atoms with Gasteiger partial charge in [0.1, 0.15) is 17.4 Å². The number of benzene rings is 2. The van der Waals surface area contributed by atoms with E-state index in [0.717, 1.165) is 21.0 Å². The van der Waals surface area contributed by atoms with Crippen LogP contribution in [-0.2, 0) is 0 Å². The van der Waals surface area contributed by atoms with E-state index in [0.29, 0.717) is 18.8 Å². The first-order valence-corrected chi connectivity index (χ1v) is 8.10. The van der Waals surface area contributed by atoms with Crippen molar-refractivity contribution in [1.82, 2.24) is 10.2 Å². The highest BCUT2D eigenvalue weighted by Crippen LogP contribution is 2.24. The summed E-state index contributed by atoms with van der Waals surface area (Å²) in [4.78, 5) is 11.3. The molecule has 2 N–H and O–H groups in total. The van der Waals surface area contributed by atoms with Gasteiger partial charge in [-0.25, -0.2) is 5.10 Å². The maximum Gasteiger partial charge on any atom is 0.285 e. The van der Waals surface area contributed by atoms with E-state index in [2.05, 4.69) is 37.5 Å². The van der Waals surface area contributed by atoms with Gasteiger partial charge in [0.05, 0.1) is 11.9 Å². The van der Waals surface area contributed by atoms with E-state index < -0.39 is 5.56 Å². The van der Waals surface area contributed by atoms with Gasteiger partial charge in [0, 0.05) is 11.0 Å². The Morgan fingerprint density at radius 1 is 1.22 bits per heavy atom. The maximum atomic E-state index is 11.3. The average molecular weight is 395 g/mol. The van der Waals surface area contributed by atoms with Crippen molar-refractivity contribution in [3.63, 3.8) is 0 Å². The summed E-state index contributed by atoms with van der Waals surface area (Å²) in [5.74, 6) is 0.789. The molecule has 0 aliphatic heterocycles. The first-order valence-electron chi connectivity index (χ1n) is 6.92. The van der Waals surface area contributed by atoms with Crippen molar-refractivity contribution in [3.05, 3.63) is 62.4 Å². The van der Waals surface area contributed by atoms with Crippen LogP contribution in [0.15, 0.2) is 51.9 Å². The van der Waals surface area contributed by atoms with Crippen LogP contribution in [0, 0.1) is 0 Å². The lowest BCUT2D eigenvalue weighted by molar-refractivity contribution is 0.333. The minimum Gasteiger partial charge on any atom is -0.492 e. The molecule has 0 bridgehead atoms. The molecule has 0 aliphatic rings. The summed E-state index contributed by atoms with van der Waals surface area (Å²) in [6, 6.07) is 12.0. The Labute approximate surface area is 145 Å². The Balaban J connectivity index is 1.59. The van der Waals surface area contributed by atoms with Gasteiger partial charge in [-0.05, 0) is 35.0 Å². The van der Waals surface area contributed by atoms with Gasteiger partial charge in [0.15, 0.2) is 0 Å². The summed E-state index contributed by atoms with van der Waals surface area (Å²) in [6.07, 6.45) is 1.47. The van der Waals surface area contributed by atoms with E-state index >= 15 is 0 Å². The number of H-pyrrole nitrogens is 1. The van der Waals surface area contributed by atoms with Crippen molar-refractivity contribution < 1.29 is 4.74 Å². The van der Waals surface area contributed by atoms with Gasteiger partial charge >= 0.3 is 0 Å². The molecule has 2 aromatic carbocycles. The molecule has 0 amide bonds. The molecule has 0 aliphatic carbocycles. The summed E-state index contributed by atoms with van der Waals surface area (Å²) < 4.78 is 6.76. The standard InChI is InChI=1S/C16H13BrClN3O2/c17-12-3-1-11-8-13(4-2-10(11)7-12)23-6-5-19-14-9-20-21-16(22)15(14)18/h1-4,7-9H,5-6H2,(H2,19,21,22). The Morgan fingerprint density at radius 2 is 2.00 bits per heavy atom. The number of rotatable bonds is 5. The molecular formula is C16H13BrClN3O2. The van der Waals surface area contributed by atoms with Crippen LogP contribution in [0.3, 0.4) is 0 Å². The predicted octanol–water partition coefficient (Wildman–Crippen LogP) is 3.83. The smallest absolute Gasteiger partial charge is 0.285 e. The van der Waals surface area contributed by atoms with E-state index in [1.165, 1.54) is 6.20 Å². The van der Waals surface area contributed by atoms with Gasteiger partial charge in [-0.1, -0.05) is 39.7 Å². The molecule has 118 valence electrons. The third-order valence-electron chi connectivity index (χ3n) is 3.26. The lowest BCUT2D eigenvalue weighted by Gasteiger charge is -2.10. The van der Waals surface area contributed by atoms with E-state index in [4.69, 9.17) is 16.3 Å². The predicted molar refractivity (Wildman–Crippen MR) is 95.5 cm³/mol. The molecule has 0 radical (unpaired) electrons. The number of hydrogen-bond acceptors (Lipinski definition) is 4. The molecule has 3 aromatic rings. The van der Waals surface area contributed by atoms with Gasteiger partial charge in [0.25, 0.3) is 5.56 Å². The summed E-state index contributed by atoms with van der Waals surface area (Å²) in [6.45, 7) is 0.939. The third-order valence-corrected chi connectivity index (χ3v) is 4.12. The van der Waals surface area contributed by atoms with Gasteiger partial charge in [-0.15, -0.1) is 0 Å². The van der Waals surface area contributed by atoms with Crippen LogP contribution in [0.5, 0.6) is 5.75 Å². The number of nitrogens with zero attached hydrogens (tertiary/aromatic N) is 1. The molecule has 5 nitrogen and oxygen atoms in total. The Morgan fingerprint density at radius 3 is 2.87 bits per heavy atom. The van der Waals surface area contributed by atoms with E-state index in [-0.39, 0.29) is 5.02 Å². The zero-order valence-corrected chi connectivity index (χ0v) is 14.3. The van der Waals surface area contributed by atoms with Crippen molar-refractivity contribution in [2.45, 2.75) is 0 Å². The lowest BCUT2D eigenvalue weighted by atomic mass is 10.1. The third kappa shape index (κ3) is 3.83. The maximum absolute atomic E-state index is 11.3. The molecule has 0 unspecified atom stereocenters. The highest BCUT2D eigenvalue weighted by molar-refractivity contribution is 9.10. The second kappa shape index (κ2) is 7.02. The quantitative estimate of drug-likeness (QED) is 0.645. The minimum atomic E-state index is -0.418. The molecule has 1 aromatic heterocycles. The highest BCUT2D eigenvalue weighted by Gasteiger charge is 2.04. The number of fused-ring (bicyclic) bond motifs is 1. The topological polar surface area (TPSA) is 67.0 Å². The molecule has 3 rings (SSSR count). The minimum absolute atomic E-state index is 0.0938. The number of nitrogens with one attached hydrogen (secondary N) is 2. The Bertz CT molecular complexity index is 898. The fraction of sp³-hybridized carbons (Fsp3) is 0.125. The normalized spacial score (nSPS) is 10.7. The first kappa shape index (κ1) is 15.8. The highest BCUT2D eigenvalue weighted by atomic mass is 79.9. The number of aromatic nitrogens is 2. The van der Waals surface area contributed by atoms with Gasteiger partial charge < -0.3 is 10.1 Å². The molecule has 0 saturated carbocycles. The fourth-order valence-electron chi connectivity index (χ4n) is 2.15. The van der Waals surface area contributed by atoms with Crippen LogP contribution in [0.4, 0.5) is 5.69 Å². The molecule has 0 saturated heterocycles. The first-order chi connectivity index (χ1) is 11.1. The SMILES string of the molecule is O=c1[nH]ncc(NCCOc2ccc3cc(Br)ccc3c2)c1Cl. The number of ether oxygens (including phenoxy) is 1. The number of anilines is 1. The molecule has 23 heavy (non-hydrogen) atoms. The fourth-order valence-corrected chi connectivity index (χ4v) is 2.68. The summed E-state index contributed by atoms with van der Waals surface area (Å²) >= 11 is 9.33. The molecule has 1 heterocycles. The zero-order valence-electron chi connectivity index (χ0n) is 12.0. The number of aromatic amines is 1. The largest absolute Gasteiger partial charge is 0.492 e. The van der Waals surface area contributed by atoms with Crippen LogP contribution in [0.2, 0.25) is 5.02 Å². The van der Waals surface area contributed by atoms with Crippen molar-refractivity contribution in [2.75, 3.05) is 18.5 Å². The Hall–Kier alpha value is -2.05. The van der Waals surface area contributed by atoms with Crippen LogP contribution >= 0.6 is 27.5 Å². The van der Waals surface area contributed by atoms with E-state index in [1.807, 2.05) is 30.3 Å². The van der Waals surface area contributed by atoms with E-state index in [9.17, 15) is 4.79 Å². The number of hydrogen-bond donors (Lipinski definition) is 2. The molecule has 0 fully saturated rings. The van der Waals surface area contributed by atoms with Crippen LogP contribution in [0.25, 0.3) is 10.8 Å². The van der Waals surface area contributed by atoms with E-state index in [1.54, 1.807) is 0 Å². The summed E-state index contributed by atoms with van der Waals surface area (Å²) in [5, 5.41) is 11.3. The van der Waals surface area contributed by atoms with Gasteiger partial charge in [-0.2, -0.15) is 5.10 Å². The molecule has 0 spiro atoms. The van der Waals surface area contributed by atoms with Crippen LogP contribution in [0.1, 0.15) is 0 Å². The number of halogens is 2. The van der Waals surface area contributed by atoms with Gasteiger partial charge in [-0.3, -0.25) is 4.79 Å². The van der Waals surface area contributed by atoms with Crippen molar-refractivity contribution in [3.8, 4) is 5.75 Å². The average Bonchev–Trinajstić information content (AvgIpc) is 2.55. The zero-order chi connectivity index (χ0) is 16.2. The summed E-state index contributed by atoms with van der Waals surface area (Å²) in [5.41, 5.74) is 0.0700. The van der Waals surface area contributed by atoms with Crippen molar-refractivity contribution in [1.29, 1.82) is 0 Å². The van der Waals surface area contributed by atoms with Crippen molar-refractivity contribution >= 4 is 44.0 Å². The molecule has 0 atom stereocenters. The second-order valence-electron chi connectivity index (χ2n) is 4.86. The monoisotopic (exact) mass is 393 g/mol. The van der Waals surface area contributed by atoms with Crippen molar-refractivity contribution in [2.24, 2.45) is 0 Å². The summed E-state index contributed by atoms with van der Waals surface area (Å²) in [7, 11) is 0. The lowest BCUT2D eigenvalue weighted by Crippen LogP contribution is -2.16. The molecule has 7 heteroatoms. The van der Waals surface area contributed by atoms with Crippen LogP contribution < -0.4 is 15.6 Å². The molecular weight excluding hydrogens is 382 g/mol.